The zero-order valence-electron chi connectivity index (χ0n) is 21.3. The number of aliphatic hydroxyl groups is 1. The van der Waals surface area contributed by atoms with Crippen LogP contribution in [0.3, 0.4) is 0 Å². The van der Waals surface area contributed by atoms with Gasteiger partial charge >= 0.3 is 0 Å². The largest absolute Gasteiger partial charge is 0.388 e. The summed E-state index contributed by atoms with van der Waals surface area (Å²) in [5.74, 6) is -0.668. The molecule has 3 N–H and O–H groups in total. The SMILES string of the molecule is O=S(=O)(Nc1ccccc1C(Nc1ccccn1)C(c1ccccn1)C(O)c1ccccc1)c1ccc(F)cc1. The first-order valence-electron chi connectivity index (χ1n) is 12.6. The number of hydrogen-bond donors (Lipinski definition) is 3. The number of benzene rings is 3. The molecule has 0 fully saturated rings. The van der Waals surface area contributed by atoms with E-state index in [0.29, 0.717) is 28.3 Å². The molecule has 202 valence electrons. The Morgan fingerprint density at radius 3 is 2.05 bits per heavy atom. The van der Waals surface area contributed by atoms with Crippen molar-refractivity contribution in [2.24, 2.45) is 0 Å². The van der Waals surface area contributed by atoms with Crippen LogP contribution in [0, 0.1) is 5.82 Å². The first-order chi connectivity index (χ1) is 19.4. The summed E-state index contributed by atoms with van der Waals surface area (Å²) < 4.78 is 42.8. The first-order valence-corrected chi connectivity index (χ1v) is 14.1. The van der Waals surface area contributed by atoms with Crippen molar-refractivity contribution in [3.63, 3.8) is 0 Å². The van der Waals surface area contributed by atoms with E-state index in [2.05, 4.69) is 20.0 Å². The highest BCUT2D eigenvalue weighted by Crippen LogP contribution is 2.44. The summed E-state index contributed by atoms with van der Waals surface area (Å²) in [7, 11) is -4.06. The molecule has 9 heteroatoms. The van der Waals surface area contributed by atoms with Crippen LogP contribution in [-0.4, -0.2) is 23.5 Å². The summed E-state index contributed by atoms with van der Waals surface area (Å²) in [6.07, 6.45) is 2.28. The molecule has 2 heterocycles. The van der Waals surface area contributed by atoms with Crippen molar-refractivity contribution < 1.29 is 17.9 Å². The van der Waals surface area contributed by atoms with Crippen LogP contribution in [-0.2, 0) is 10.0 Å². The van der Waals surface area contributed by atoms with Gasteiger partial charge in [0, 0.05) is 18.1 Å². The minimum absolute atomic E-state index is 0.0801. The predicted octanol–water partition coefficient (Wildman–Crippen LogP) is 6.09. The van der Waals surface area contributed by atoms with Crippen LogP contribution in [0.5, 0.6) is 0 Å². The Labute approximate surface area is 232 Å². The zero-order chi connectivity index (χ0) is 28.0. The van der Waals surface area contributed by atoms with Gasteiger partial charge in [-0.25, -0.2) is 17.8 Å². The summed E-state index contributed by atoms with van der Waals surface area (Å²) in [5, 5.41) is 15.2. The molecule has 3 unspecified atom stereocenters. The number of aromatic nitrogens is 2. The van der Waals surface area contributed by atoms with E-state index < -0.39 is 33.9 Å². The van der Waals surface area contributed by atoms with Crippen LogP contribution in [0.4, 0.5) is 15.9 Å². The molecule has 0 saturated carbocycles. The Morgan fingerprint density at radius 2 is 1.38 bits per heavy atom. The maximum atomic E-state index is 13.5. The smallest absolute Gasteiger partial charge is 0.261 e. The third kappa shape index (κ3) is 6.17. The average molecular weight is 555 g/mol. The normalized spacial score (nSPS) is 13.7. The van der Waals surface area contributed by atoms with Crippen LogP contribution in [0.25, 0.3) is 0 Å². The van der Waals surface area contributed by atoms with Gasteiger partial charge in [0.15, 0.2) is 0 Å². The molecule has 2 aromatic heterocycles. The number of nitrogens with zero attached hydrogens (tertiary/aromatic N) is 2. The third-order valence-corrected chi connectivity index (χ3v) is 7.88. The van der Waals surface area contributed by atoms with Crippen LogP contribution in [0.1, 0.15) is 34.9 Å². The van der Waals surface area contributed by atoms with E-state index in [1.165, 1.54) is 12.1 Å². The number of para-hydroxylation sites is 1. The Hall–Kier alpha value is -4.60. The highest BCUT2D eigenvalue weighted by Gasteiger charge is 2.35. The molecule has 0 saturated heterocycles. The van der Waals surface area contributed by atoms with Gasteiger partial charge in [0.1, 0.15) is 11.6 Å². The summed E-state index contributed by atoms with van der Waals surface area (Å²) in [6.45, 7) is 0. The van der Waals surface area contributed by atoms with E-state index in [1.807, 2.05) is 48.5 Å². The second-order valence-corrected chi connectivity index (χ2v) is 10.8. The van der Waals surface area contributed by atoms with E-state index in [-0.39, 0.29) is 4.90 Å². The molecule has 0 amide bonds. The van der Waals surface area contributed by atoms with Crippen LogP contribution in [0.2, 0.25) is 0 Å². The average Bonchev–Trinajstić information content (AvgIpc) is 2.99. The van der Waals surface area contributed by atoms with Gasteiger partial charge < -0.3 is 10.4 Å². The number of hydrogen-bond acceptors (Lipinski definition) is 6. The molecule has 0 aliphatic rings. The standard InChI is InChI=1S/C31H27FN4O3S/c32-23-16-18-24(19-17-23)40(38,39)36-26-13-5-4-12-25(26)30(35-28-15-7-9-21-34-28)29(27-14-6-8-20-33-27)31(37)22-10-2-1-3-11-22/h1-21,29-31,36-37H,(H,34,35). The van der Waals surface area contributed by atoms with E-state index >= 15 is 0 Å². The summed E-state index contributed by atoms with van der Waals surface area (Å²) in [4.78, 5) is 8.92. The second-order valence-electron chi connectivity index (χ2n) is 9.12. The number of rotatable bonds is 10. The lowest BCUT2D eigenvalue weighted by Gasteiger charge is -2.33. The molecule has 0 aliphatic heterocycles. The van der Waals surface area contributed by atoms with Gasteiger partial charge in [-0.15, -0.1) is 0 Å². The van der Waals surface area contributed by atoms with Gasteiger partial charge in [-0.3, -0.25) is 9.71 Å². The fourth-order valence-corrected chi connectivity index (χ4v) is 5.68. The Kier molecular flexibility index (Phi) is 8.14. The number of halogens is 1. The number of pyridine rings is 2. The lowest BCUT2D eigenvalue weighted by Crippen LogP contribution is -2.27. The maximum absolute atomic E-state index is 13.5. The quantitative estimate of drug-likeness (QED) is 0.193. The number of nitrogens with one attached hydrogen (secondary N) is 2. The van der Waals surface area contributed by atoms with Gasteiger partial charge in [0.25, 0.3) is 10.0 Å². The summed E-state index contributed by atoms with van der Waals surface area (Å²) in [5.41, 5.74) is 2.13. The van der Waals surface area contributed by atoms with Crippen molar-refractivity contribution in [2.75, 3.05) is 10.0 Å². The van der Waals surface area contributed by atoms with E-state index in [4.69, 9.17) is 0 Å². The molecule has 3 atom stereocenters. The molecular formula is C31H27FN4O3S. The lowest BCUT2D eigenvalue weighted by atomic mass is 9.82. The fourth-order valence-electron chi connectivity index (χ4n) is 4.59. The summed E-state index contributed by atoms with van der Waals surface area (Å²) in [6, 6.07) is 31.0. The van der Waals surface area contributed by atoms with Crippen LogP contribution >= 0.6 is 0 Å². The molecule has 0 bridgehead atoms. The van der Waals surface area contributed by atoms with Crippen molar-refractivity contribution >= 4 is 21.5 Å². The van der Waals surface area contributed by atoms with Gasteiger partial charge in [-0.1, -0.05) is 60.7 Å². The number of sulfonamides is 1. The van der Waals surface area contributed by atoms with Crippen LogP contribution in [0.15, 0.2) is 133 Å². The molecule has 5 rings (SSSR count). The fraction of sp³-hybridized carbons (Fsp3) is 0.0968. The Morgan fingerprint density at radius 1 is 0.725 bits per heavy atom. The monoisotopic (exact) mass is 554 g/mol. The van der Waals surface area contributed by atoms with Gasteiger partial charge in [-0.05, 0) is 65.7 Å². The van der Waals surface area contributed by atoms with E-state index in [9.17, 15) is 17.9 Å². The molecule has 0 radical (unpaired) electrons. The summed E-state index contributed by atoms with van der Waals surface area (Å²) >= 11 is 0. The number of anilines is 2. The molecule has 40 heavy (non-hydrogen) atoms. The van der Waals surface area contributed by atoms with Crippen molar-refractivity contribution in [3.8, 4) is 0 Å². The third-order valence-electron chi connectivity index (χ3n) is 6.50. The van der Waals surface area contributed by atoms with Gasteiger partial charge in [0.2, 0.25) is 0 Å². The zero-order valence-corrected chi connectivity index (χ0v) is 22.1. The highest BCUT2D eigenvalue weighted by atomic mass is 32.2. The Bertz CT molecular complexity index is 1640. The van der Waals surface area contributed by atoms with Gasteiger partial charge in [0.05, 0.1) is 28.6 Å². The van der Waals surface area contributed by atoms with E-state index in [0.717, 1.165) is 12.1 Å². The molecule has 0 aliphatic carbocycles. The second kappa shape index (κ2) is 12.1. The Balaban J connectivity index is 1.64. The molecular weight excluding hydrogens is 527 g/mol. The molecule has 5 aromatic rings. The maximum Gasteiger partial charge on any atom is 0.261 e. The predicted molar refractivity (Wildman–Crippen MR) is 153 cm³/mol. The minimum atomic E-state index is -4.06. The molecule has 0 spiro atoms. The van der Waals surface area contributed by atoms with E-state index in [1.54, 1.807) is 54.9 Å². The van der Waals surface area contributed by atoms with Crippen molar-refractivity contribution in [1.29, 1.82) is 0 Å². The first kappa shape index (κ1) is 27.0. The highest BCUT2D eigenvalue weighted by molar-refractivity contribution is 7.92. The number of aliphatic hydroxyl groups excluding tert-OH is 1. The van der Waals surface area contributed by atoms with Crippen molar-refractivity contribution in [1.82, 2.24) is 9.97 Å². The van der Waals surface area contributed by atoms with Crippen LogP contribution < -0.4 is 10.0 Å². The molecule has 3 aromatic carbocycles. The van der Waals surface area contributed by atoms with Crippen molar-refractivity contribution in [2.45, 2.75) is 23.0 Å². The van der Waals surface area contributed by atoms with Gasteiger partial charge in [-0.2, -0.15) is 0 Å². The van der Waals surface area contributed by atoms with Crippen molar-refractivity contribution in [3.05, 3.63) is 150 Å². The molecule has 7 nitrogen and oxygen atoms in total. The minimum Gasteiger partial charge on any atom is -0.388 e. The lowest BCUT2D eigenvalue weighted by molar-refractivity contribution is 0.133. The topological polar surface area (TPSA) is 104 Å².